The summed E-state index contributed by atoms with van der Waals surface area (Å²) in [7, 11) is 0. The van der Waals surface area contributed by atoms with E-state index in [1.807, 2.05) is 19.9 Å². The number of aromatic nitrogens is 3. The molecule has 0 aliphatic carbocycles. The summed E-state index contributed by atoms with van der Waals surface area (Å²) in [5.74, 6) is 1.68. The van der Waals surface area contributed by atoms with E-state index in [1.165, 1.54) is 6.20 Å². The Labute approximate surface area is 134 Å². The molecule has 1 N–H and O–H groups in total. The zero-order valence-electron chi connectivity index (χ0n) is 13.3. The number of aryl methyl sites for hydroxylation is 1. The fraction of sp³-hybridized carbons (Fsp3) is 0.467. The van der Waals surface area contributed by atoms with Gasteiger partial charge in [-0.25, -0.2) is 4.98 Å². The Balaban J connectivity index is 1.66. The van der Waals surface area contributed by atoms with Gasteiger partial charge >= 0.3 is 0 Å². The van der Waals surface area contributed by atoms with E-state index in [2.05, 4.69) is 25.3 Å². The Morgan fingerprint density at radius 1 is 1.30 bits per heavy atom. The molecule has 0 unspecified atom stereocenters. The molecule has 3 rings (SSSR count). The predicted molar refractivity (Wildman–Crippen MR) is 85.6 cm³/mol. The summed E-state index contributed by atoms with van der Waals surface area (Å²) in [6.07, 6.45) is 1.48. The van der Waals surface area contributed by atoms with Gasteiger partial charge in [-0.1, -0.05) is 5.16 Å². The first kappa shape index (κ1) is 15.3. The highest BCUT2D eigenvalue weighted by atomic mass is 16.5. The first-order chi connectivity index (χ1) is 11.2. The van der Waals surface area contributed by atoms with Crippen LogP contribution in [0.1, 0.15) is 23.2 Å². The minimum absolute atomic E-state index is 0.124. The second-order valence-corrected chi connectivity index (χ2v) is 5.38. The molecule has 1 aliphatic rings. The molecule has 2 aromatic rings. The average Bonchev–Trinajstić information content (AvgIpc) is 3.08. The van der Waals surface area contributed by atoms with Crippen LogP contribution in [0.4, 0.5) is 11.8 Å². The highest BCUT2D eigenvalue weighted by Crippen LogP contribution is 2.16. The molecule has 1 amide bonds. The van der Waals surface area contributed by atoms with Crippen molar-refractivity contribution >= 4 is 17.7 Å². The van der Waals surface area contributed by atoms with Crippen molar-refractivity contribution in [1.82, 2.24) is 20.0 Å². The van der Waals surface area contributed by atoms with Crippen LogP contribution in [0.25, 0.3) is 0 Å². The summed E-state index contributed by atoms with van der Waals surface area (Å²) in [6, 6.07) is 3.51. The number of carbonyl (C=O) groups is 1. The summed E-state index contributed by atoms with van der Waals surface area (Å²) < 4.78 is 4.93. The Kier molecular flexibility index (Phi) is 4.40. The molecule has 0 atom stereocenters. The van der Waals surface area contributed by atoms with E-state index in [0.29, 0.717) is 32.1 Å². The van der Waals surface area contributed by atoms with Crippen molar-refractivity contribution in [2.24, 2.45) is 0 Å². The summed E-state index contributed by atoms with van der Waals surface area (Å²) in [4.78, 5) is 25.1. The Bertz CT molecular complexity index is 665. The number of carbonyl (C=O) groups excluding carboxylic acids is 1. The largest absolute Gasteiger partial charge is 0.370 e. The summed E-state index contributed by atoms with van der Waals surface area (Å²) in [6.45, 7) is 7.39. The van der Waals surface area contributed by atoms with Crippen LogP contribution in [-0.4, -0.2) is 58.7 Å². The van der Waals surface area contributed by atoms with Gasteiger partial charge in [0.2, 0.25) is 11.7 Å². The third kappa shape index (κ3) is 3.41. The third-order valence-corrected chi connectivity index (χ3v) is 3.70. The highest BCUT2D eigenvalue weighted by Gasteiger charge is 2.25. The highest BCUT2D eigenvalue weighted by molar-refractivity contribution is 5.91. The van der Waals surface area contributed by atoms with Crippen LogP contribution in [0.15, 0.2) is 22.9 Å². The van der Waals surface area contributed by atoms with E-state index >= 15 is 0 Å². The molecule has 122 valence electrons. The zero-order chi connectivity index (χ0) is 16.2. The smallest absolute Gasteiger partial charge is 0.292 e. The fourth-order valence-electron chi connectivity index (χ4n) is 2.56. The molecule has 2 aromatic heterocycles. The third-order valence-electron chi connectivity index (χ3n) is 3.70. The van der Waals surface area contributed by atoms with Gasteiger partial charge in [-0.2, -0.15) is 4.98 Å². The number of hydrogen-bond donors (Lipinski definition) is 1. The molecule has 1 aliphatic heterocycles. The quantitative estimate of drug-likeness (QED) is 0.905. The number of nitrogens with one attached hydrogen (secondary N) is 1. The molecule has 8 heteroatoms. The van der Waals surface area contributed by atoms with Gasteiger partial charge < -0.3 is 19.6 Å². The van der Waals surface area contributed by atoms with E-state index in [0.717, 1.165) is 18.1 Å². The van der Waals surface area contributed by atoms with Crippen LogP contribution in [0.2, 0.25) is 0 Å². The number of anilines is 2. The summed E-state index contributed by atoms with van der Waals surface area (Å²) >= 11 is 0. The minimum atomic E-state index is -0.124. The molecule has 0 radical (unpaired) electrons. The average molecular weight is 316 g/mol. The fourth-order valence-corrected chi connectivity index (χ4v) is 2.56. The van der Waals surface area contributed by atoms with Crippen LogP contribution in [0, 0.1) is 6.92 Å². The van der Waals surface area contributed by atoms with Crippen LogP contribution in [0.3, 0.4) is 0 Å². The standard InChI is InChI=1S/C15H20N6O2/c1-3-16-13-10-11(2)18-15(19-13)21-8-6-20(7-9-21)14(22)12-4-5-17-23-12/h4-5,10H,3,6-9H2,1-2H3,(H,16,18,19). The van der Waals surface area contributed by atoms with Crippen molar-refractivity contribution in [3.8, 4) is 0 Å². The molecule has 1 fully saturated rings. The number of nitrogens with zero attached hydrogens (tertiary/aromatic N) is 5. The molecule has 0 saturated carbocycles. The zero-order valence-corrected chi connectivity index (χ0v) is 13.3. The van der Waals surface area contributed by atoms with Crippen molar-refractivity contribution in [2.75, 3.05) is 42.9 Å². The van der Waals surface area contributed by atoms with Crippen molar-refractivity contribution in [1.29, 1.82) is 0 Å². The van der Waals surface area contributed by atoms with Gasteiger partial charge in [0.25, 0.3) is 5.91 Å². The van der Waals surface area contributed by atoms with Gasteiger partial charge in [0.1, 0.15) is 5.82 Å². The lowest BCUT2D eigenvalue weighted by Crippen LogP contribution is -2.49. The van der Waals surface area contributed by atoms with Gasteiger partial charge in [0.05, 0.1) is 6.20 Å². The van der Waals surface area contributed by atoms with Crippen molar-refractivity contribution in [3.05, 3.63) is 29.8 Å². The van der Waals surface area contributed by atoms with Gasteiger partial charge in [-0.3, -0.25) is 4.79 Å². The predicted octanol–water partition coefficient (Wildman–Crippen LogP) is 1.17. The molecule has 0 spiro atoms. The number of amides is 1. The lowest BCUT2D eigenvalue weighted by atomic mass is 10.3. The molecular formula is C15H20N6O2. The molecule has 23 heavy (non-hydrogen) atoms. The maximum absolute atomic E-state index is 12.2. The second kappa shape index (κ2) is 6.64. The topological polar surface area (TPSA) is 87.4 Å². The minimum Gasteiger partial charge on any atom is -0.370 e. The van der Waals surface area contributed by atoms with Crippen molar-refractivity contribution in [3.63, 3.8) is 0 Å². The summed E-state index contributed by atoms with van der Waals surface area (Å²) in [5, 5.41) is 6.79. The van der Waals surface area contributed by atoms with Gasteiger partial charge in [0.15, 0.2) is 0 Å². The molecule has 8 nitrogen and oxygen atoms in total. The Morgan fingerprint density at radius 2 is 2.09 bits per heavy atom. The van der Waals surface area contributed by atoms with Crippen LogP contribution >= 0.6 is 0 Å². The molecule has 3 heterocycles. The van der Waals surface area contributed by atoms with Gasteiger partial charge in [-0.05, 0) is 13.8 Å². The van der Waals surface area contributed by atoms with E-state index in [4.69, 9.17) is 4.52 Å². The van der Waals surface area contributed by atoms with E-state index in [1.54, 1.807) is 11.0 Å². The van der Waals surface area contributed by atoms with Crippen molar-refractivity contribution < 1.29 is 9.32 Å². The van der Waals surface area contributed by atoms with Crippen molar-refractivity contribution in [2.45, 2.75) is 13.8 Å². The Hall–Kier alpha value is -2.64. The molecule has 0 aromatic carbocycles. The molecule has 1 saturated heterocycles. The molecule has 0 bridgehead atoms. The van der Waals surface area contributed by atoms with E-state index < -0.39 is 0 Å². The number of hydrogen-bond acceptors (Lipinski definition) is 7. The maximum Gasteiger partial charge on any atom is 0.292 e. The lowest BCUT2D eigenvalue weighted by molar-refractivity contribution is 0.0704. The lowest BCUT2D eigenvalue weighted by Gasteiger charge is -2.34. The van der Waals surface area contributed by atoms with E-state index in [-0.39, 0.29) is 11.7 Å². The van der Waals surface area contributed by atoms with Crippen LogP contribution < -0.4 is 10.2 Å². The maximum atomic E-state index is 12.2. The SMILES string of the molecule is CCNc1cc(C)nc(N2CCN(C(=O)c3ccno3)CC2)n1. The number of rotatable bonds is 4. The second-order valence-electron chi connectivity index (χ2n) is 5.38. The monoisotopic (exact) mass is 316 g/mol. The number of piperazine rings is 1. The van der Waals surface area contributed by atoms with Gasteiger partial charge in [-0.15, -0.1) is 0 Å². The van der Waals surface area contributed by atoms with Crippen LogP contribution in [-0.2, 0) is 0 Å². The van der Waals surface area contributed by atoms with E-state index in [9.17, 15) is 4.79 Å². The molecular weight excluding hydrogens is 296 g/mol. The first-order valence-electron chi connectivity index (χ1n) is 7.72. The normalized spacial score (nSPS) is 14.9. The van der Waals surface area contributed by atoms with Crippen LogP contribution in [0.5, 0.6) is 0 Å². The summed E-state index contributed by atoms with van der Waals surface area (Å²) in [5.41, 5.74) is 0.922. The van der Waals surface area contributed by atoms with Gasteiger partial charge in [0, 0.05) is 50.6 Å². The first-order valence-corrected chi connectivity index (χ1v) is 7.72. The Morgan fingerprint density at radius 3 is 2.74 bits per heavy atom.